The molecule has 4 aromatic rings. The molecule has 0 radical (unpaired) electrons. The van der Waals surface area contributed by atoms with Gasteiger partial charge in [-0.3, -0.25) is 5.32 Å². The highest BCUT2D eigenvalue weighted by Gasteiger charge is 2.16. The summed E-state index contributed by atoms with van der Waals surface area (Å²) in [6, 6.07) is 11.7. The minimum atomic E-state index is -0.503. The zero-order valence-corrected chi connectivity index (χ0v) is 20.0. The Morgan fingerprint density at radius 3 is 2.94 bits per heavy atom. The second-order valence-electron chi connectivity index (χ2n) is 7.65. The topological polar surface area (TPSA) is 69.0 Å². The minimum Gasteiger partial charge on any atom is -0.444 e. The molecule has 9 heteroatoms. The van der Waals surface area contributed by atoms with Gasteiger partial charge in [0.2, 0.25) is 0 Å². The number of aryl methyl sites for hydroxylation is 3. The number of nitrogens with zero attached hydrogens (tertiary/aromatic N) is 3. The van der Waals surface area contributed by atoms with Crippen molar-refractivity contribution in [2.24, 2.45) is 0 Å². The van der Waals surface area contributed by atoms with Crippen LogP contribution in [0.2, 0.25) is 5.02 Å². The first kappa shape index (κ1) is 21.3. The van der Waals surface area contributed by atoms with E-state index in [1.807, 2.05) is 55.9 Å². The molecular formula is C23H21ClN4O2S2. The van der Waals surface area contributed by atoms with Crippen LogP contribution in [0.4, 0.5) is 9.80 Å². The van der Waals surface area contributed by atoms with Crippen molar-refractivity contribution in [1.29, 1.82) is 0 Å². The van der Waals surface area contributed by atoms with E-state index in [0.29, 0.717) is 10.0 Å². The Morgan fingerprint density at radius 2 is 2.09 bits per heavy atom. The monoisotopic (exact) mass is 484 g/mol. The lowest BCUT2D eigenvalue weighted by atomic mass is 10.1. The first-order valence-corrected chi connectivity index (χ1v) is 12.6. The summed E-state index contributed by atoms with van der Waals surface area (Å²) < 4.78 is 7.74. The number of fused-ring (bicyclic) bond motifs is 3. The highest BCUT2D eigenvalue weighted by Crippen LogP contribution is 2.34. The molecular weight excluding hydrogens is 464 g/mol. The molecule has 5 rings (SSSR count). The first-order valence-electron chi connectivity index (χ1n) is 10.2. The summed E-state index contributed by atoms with van der Waals surface area (Å²) in [5, 5.41) is 5.02. The number of nitrogens with one attached hydrogen (secondary N) is 1. The first-order chi connectivity index (χ1) is 15.5. The summed E-state index contributed by atoms with van der Waals surface area (Å²) in [6.45, 7) is 5.03. The molecule has 2 aromatic heterocycles. The molecule has 0 saturated heterocycles. The van der Waals surface area contributed by atoms with Gasteiger partial charge in [-0.05, 0) is 49.2 Å². The summed E-state index contributed by atoms with van der Waals surface area (Å²) in [5.41, 5.74) is 5.78. The number of benzene rings is 2. The maximum atomic E-state index is 12.4. The molecule has 1 aliphatic heterocycles. The molecule has 32 heavy (non-hydrogen) atoms. The Labute approximate surface area is 199 Å². The molecule has 0 unspecified atom stereocenters. The number of anilines is 1. The third kappa shape index (κ3) is 4.22. The molecule has 0 spiro atoms. The zero-order chi connectivity index (χ0) is 22.2. The highest BCUT2D eigenvalue weighted by molar-refractivity contribution is 7.98. The van der Waals surface area contributed by atoms with E-state index >= 15 is 0 Å². The van der Waals surface area contributed by atoms with Gasteiger partial charge in [-0.25, -0.2) is 14.8 Å². The molecule has 0 saturated carbocycles. The molecule has 164 valence electrons. The van der Waals surface area contributed by atoms with Crippen molar-refractivity contribution in [2.45, 2.75) is 32.8 Å². The number of rotatable bonds is 4. The summed E-state index contributed by atoms with van der Waals surface area (Å²) >= 11 is 9.38. The second kappa shape index (κ2) is 8.77. The number of carbonyl (C=O) groups excluding carboxylic acids is 1. The molecule has 2 aromatic carbocycles. The SMILES string of the molecule is Cc1cc(Cl)ccc1-c1nc(C)c(NC(=O)OCc2ccc3c(c2)nc2n3CCSC2)s1. The molecule has 0 aliphatic carbocycles. The number of hydrogen-bond acceptors (Lipinski definition) is 6. The Hall–Kier alpha value is -2.55. The van der Waals surface area contributed by atoms with Crippen LogP contribution >= 0.6 is 34.7 Å². The van der Waals surface area contributed by atoms with Crippen molar-refractivity contribution < 1.29 is 9.53 Å². The van der Waals surface area contributed by atoms with Crippen LogP contribution < -0.4 is 5.32 Å². The van der Waals surface area contributed by atoms with Gasteiger partial charge in [0, 0.05) is 22.9 Å². The Morgan fingerprint density at radius 1 is 1.22 bits per heavy atom. The zero-order valence-electron chi connectivity index (χ0n) is 17.6. The van der Waals surface area contributed by atoms with E-state index in [2.05, 4.69) is 20.9 Å². The van der Waals surface area contributed by atoms with Crippen molar-refractivity contribution in [1.82, 2.24) is 14.5 Å². The van der Waals surface area contributed by atoms with E-state index in [-0.39, 0.29) is 6.61 Å². The van der Waals surface area contributed by atoms with Crippen molar-refractivity contribution >= 4 is 56.8 Å². The van der Waals surface area contributed by atoms with Gasteiger partial charge in [-0.15, -0.1) is 0 Å². The number of amides is 1. The lowest BCUT2D eigenvalue weighted by Gasteiger charge is -2.13. The maximum absolute atomic E-state index is 12.4. The average Bonchev–Trinajstić information content (AvgIpc) is 3.32. The summed E-state index contributed by atoms with van der Waals surface area (Å²) in [6.07, 6.45) is -0.503. The van der Waals surface area contributed by atoms with Crippen LogP contribution in [0.3, 0.4) is 0 Å². The minimum absolute atomic E-state index is 0.180. The Bertz CT molecular complexity index is 1330. The van der Waals surface area contributed by atoms with Gasteiger partial charge in [-0.2, -0.15) is 11.8 Å². The van der Waals surface area contributed by atoms with Gasteiger partial charge in [0.25, 0.3) is 0 Å². The number of imidazole rings is 1. The lowest BCUT2D eigenvalue weighted by molar-refractivity contribution is 0.155. The number of aromatic nitrogens is 3. The quantitative estimate of drug-likeness (QED) is 0.361. The maximum Gasteiger partial charge on any atom is 0.412 e. The van der Waals surface area contributed by atoms with Gasteiger partial charge < -0.3 is 9.30 Å². The summed E-state index contributed by atoms with van der Waals surface area (Å²) in [4.78, 5) is 21.8. The number of halogens is 1. The van der Waals surface area contributed by atoms with E-state index in [1.54, 1.807) is 0 Å². The van der Waals surface area contributed by atoms with Gasteiger partial charge >= 0.3 is 6.09 Å². The number of thiazole rings is 1. The van der Waals surface area contributed by atoms with Crippen molar-refractivity contribution in [2.75, 3.05) is 11.1 Å². The molecule has 0 fully saturated rings. The van der Waals surface area contributed by atoms with Gasteiger partial charge in [0.15, 0.2) is 0 Å². The molecule has 1 aliphatic rings. The predicted molar refractivity (Wildman–Crippen MR) is 132 cm³/mol. The van der Waals surface area contributed by atoms with E-state index in [9.17, 15) is 4.79 Å². The molecule has 3 heterocycles. The smallest absolute Gasteiger partial charge is 0.412 e. The van der Waals surface area contributed by atoms with Gasteiger partial charge in [-0.1, -0.05) is 35.1 Å². The van der Waals surface area contributed by atoms with Gasteiger partial charge in [0.05, 0.1) is 22.5 Å². The summed E-state index contributed by atoms with van der Waals surface area (Å²) in [5.74, 6) is 3.16. The van der Waals surface area contributed by atoms with E-state index in [0.717, 1.165) is 62.3 Å². The largest absolute Gasteiger partial charge is 0.444 e. The van der Waals surface area contributed by atoms with E-state index in [4.69, 9.17) is 21.3 Å². The van der Waals surface area contributed by atoms with Crippen LogP contribution in [0.15, 0.2) is 36.4 Å². The molecule has 1 amide bonds. The van der Waals surface area contributed by atoms with E-state index in [1.165, 1.54) is 11.3 Å². The number of thioether (sulfide) groups is 1. The predicted octanol–water partition coefficient (Wildman–Crippen LogP) is 6.43. The third-order valence-electron chi connectivity index (χ3n) is 5.38. The average molecular weight is 485 g/mol. The van der Waals surface area contributed by atoms with Gasteiger partial charge in [0.1, 0.15) is 22.4 Å². The Balaban J connectivity index is 1.26. The standard InChI is InChI=1S/C23H21ClN4O2S2/c1-13-9-16(24)4-5-17(13)22-25-14(2)21(32-22)27-23(29)30-11-15-3-6-19-18(10-15)26-20-12-31-8-7-28(19)20/h3-6,9-10H,7-8,11-12H2,1-2H3,(H,27,29). The van der Waals surface area contributed by atoms with Crippen LogP contribution in [0.1, 0.15) is 22.6 Å². The fraction of sp³-hybridized carbons (Fsp3) is 0.261. The number of carbonyl (C=O) groups is 1. The lowest BCUT2D eigenvalue weighted by Crippen LogP contribution is -2.13. The molecule has 6 nitrogen and oxygen atoms in total. The van der Waals surface area contributed by atoms with Crippen LogP contribution in [0, 0.1) is 13.8 Å². The Kier molecular flexibility index (Phi) is 5.84. The fourth-order valence-corrected chi connectivity index (χ4v) is 5.89. The third-order valence-corrected chi connectivity index (χ3v) is 7.66. The van der Waals surface area contributed by atoms with Crippen LogP contribution in [-0.4, -0.2) is 26.4 Å². The molecule has 0 bridgehead atoms. The number of hydrogen-bond donors (Lipinski definition) is 1. The van der Waals surface area contributed by atoms with Crippen molar-refractivity contribution in [3.63, 3.8) is 0 Å². The summed E-state index contributed by atoms with van der Waals surface area (Å²) in [7, 11) is 0. The van der Waals surface area contributed by atoms with Crippen LogP contribution in [-0.2, 0) is 23.6 Å². The second-order valence-corrected chi connectivity index (χ2v) is 10.2. The fourth-order valence-electron chi connectivity index (χ4n) is 3.77. The van der Waals surface area contributed by atoms with Crippen molar-refractivity contribution in [3.8, 4) is 10.6 Å². The highest BCUT2D eigenvalue weighted by atomic mass is 35.5. The number of ether oxygens (including phenoxy) is 1. The normalized spacial score (nSPS) is 13.2. The van der Waals surface area contributed by atoms with Crippen molar-refractivity contribution in [3.05, 3.63) is 64.1 Å². The molecule has 0 atom stereocenters. The van der Waals surface area contributed by atoms with Crippen LogP contribution in [0.25, 0.3) is 21.6 Å². The molecule has 1 N–H and O–H groups in total. The van der Waals surface area contributed by atoms with E-state index < -0.39 is 6.09 Å². The van der Waals surface area contributed by atoms with Crippen LogP contribution in [0.5, 0.6) is 0 Å².